The molecule has 1 amide bonds. The average Bonchev–Trinajstić information content (AvgIpc) is 2.91. The Morgan fingerprint density at radius 3 is 2.74 bits per heavy atom. The smallest absolute Gasteiger partial charge is 0.303 e. The predicted molar refractivity (Wildman–Crippen MR) is 66.9 cm³/mol. The van der Waals surface area contributed by atoms with Gasteiger partial charge in [-0.1, -0.05) is 0 Å². The van der Waals surface area contributed by atoms with E-state index in [9.17, 15) is 9.59 Å². The van der Waals surface area contributed by atoms with Crippen molar-refractivity contribution in [2.45, 2.75) is 12.8 Å². The molecular formula is C12H12N4O3. The molecule has 2 heterocycles. The van der Waals surface area contributed by atoms with Crippen molar-refractivity contribution in [1.82, 2.24) is 14.5 Å². The van der Waals surface area contributed by atoms with Crippen LogP contribution < -0.4 is 5.32 Å². The zero-order valence-corrected chi connectivity index (χ0v) is 9.98. The second kappa shape index (κ2) is 5.76. The molecule has 2 rings (SSSR count). The number of carbonyl (C=O) groups excluding carboxylic acids is 1. The highest BCUT2D eigenvalue weighted by Gasteiger charge is 2.06. The van der Waals surface area contributed by atoms with E-state index in [2.05, 4.69) is 15.3 Å². The summed E-state index contributed by atoms with van der Waals surface area (Å²) in [5.41, 5.74) is 0.527. The maximum Gasteiger partial charge on any atom is 0.303 e. The molecule has 98 valence electrons. The van der Waals surface area contributed by atoms with Crippen LogP contribution >= 0.6 is 0 Å². The third-order valence-electron chi connectivity index (χ3n) is 2.37. The number of anilines is 1. The summed E-state index contributed by atoms with van der Waals surface area (Å²) >= 11 is 0. The fourth-order valence-electron chi connectivity index (χ4n) is 1.45. The van der Waals surface area contributed by atoms with Crippen molar-refractivity contribution in [2.24, 2.45) is 0 Å². The van der Waals surface area contributed by atoms with E-state index in [4.69, 9.17) is 5.11 Å². The molecule has 0 fully saturated rings. The lowest BCUT2D eigenvalue weighted by Crippen LogP contribution is -2.13. The van der Waals surface area contributed by atoms with Crippen molar-refractivity contribution in [3.8, 4) is 5.82 Å². The van der Waals surface area contributed by atoms with Gasteiger partial charge in [0.2, 0.25) is 5.91 Å². The molecule has 0 aliphatic rings. The molecule has 7 nitrogen and oxygen atoms in total. The maximum absolute atomic E-state index is 11.4. The van der Waals surface area contributed by atoms with Crippen molar-refractivity contribution in [1.29, 1.82) is 0 Å². The maximum atomic E-state index is 11.4. The van der Waals surface area contributed by atoms with Crippen molar-refractivity contribution >= 4 is 17.6 Å². The molecule has 0 spiro atoms. The zero-order chi connectivity index (χ0) is 13.7. The van der Waals surface area contributed by atoms with Gasteiger partial charge in [-0.15, -0.1) is 0 Å². The van der Waals surface area contributed by atoms with Crippen LogP contribution in [-0.2, 0) is 9.59 Å². The highest BCUT2D eigenvalue weighted by molar-refractivity contribution is 5.92. The van der Waals surface area contributed by atoms with Crippen LogP contribution in [0.3, 0.4) is 0 Å². The summed E-state index contributed by atoms with van der Waals surface area (Å²) in [6.45, 7) is 0. The minimum Gasteiger partial charge on any atom is -0.481 e. The first kappa shape index (κ1) is 12.7. The Bertz CT molecular complexity index is 563. The van der Waals surface area contributed by atoms with Crippen molar-refractivity contribution in [3.63, 3.8) is 0 Å². The Kier molecular flexibility index (Phi) is 3.87. The normalized spacial score (nSPS) is 10.1. The monoisotopic (exact) mass is 260 g/mol. The number of carbonyl (C=O) groups is 2. The van der Waals surface area contributed by atoms with Gasteiger partial charge in [-0.2, -0.15) is 0 Å². The van der Waals surface area contributed by atoms with Crippen LogP contribution in [-0.4, -0.2) is 31.5 Å². The number of hydrogen-bond donors (Lipinski definition) is 2. The molecule has 0 unspecified atom stereocenters. The third kappa shape index (κ3) is 3.63. The van der Waals surface area contributed by atoms with Crippen molar-refractivity contribution < 1.29 is 14.7 Å². The zero-order valence-electron chi connectivity index (χ0n) is 9.98. The molecule has 0 saturated heterocycles. The van der Waals surface area contributed by atoms with Crippen LogP contribution in [0.1, 0.15) is 12.8 Å². The molecule has 2 aromatic rings. The van der Waals surface area contributed by atoms with Gasteiger partial charge in [-0.25, -0.2) is 9.97 Å². The molecule has 19 heavy (non-hydrogen) atoms. The molecule has 0 aliphatic carbocycles. The lowest BCUT2D eigenvalue weighted by Gasteiger charge is -2.05. The lowest BCUT2D eigenvalue weighted by molar-refractivity contribution is -0.138. The van der Waals surface area contributed by atoms with Gasteiger partial charge in [0.15, 0.2) is 0 Å². The van der Waals surface area contributed by atoms with Crippen LogP contribution in [0, 0.1) is 0 Å². The first-order chi connectivity index (χ1) is 9.15. The fourth-order valence-corrected chi connectivity index (χ4v) is 1.45. The molecule has 2 N–H and O–H groups in total. The third-order valence-corrected chi connectivity index (χ3v) is 2.37. The SMILES string of the molecule is O=C(O)CCC(=O)Nc1ccc(-n2ccnc2)nc1. The molecule has 0 atom stereocenters. The van der Waals surface area contributed by atoms with Gasteiger partial charge in [0.05, 0.1) is 18.3 Å². The van der Waals surface area contributed by atoms with E-state index in [-0.39, 0.29) is 18.7 Å². The van der Waals surface area contributed by atoms with Gasteiger partial charge in [0.25, 0.3) is 0 Å². The highest BCUT2D eigenvalue weighted by Crippen LogP contribution is 2.10. The van der Waals surface area contributed by atoms with Gasteiger partial charge < -0.3 is 10.4 Å². The fraction of sp³-hybridized carbons (Fsp3) is 0.167. The van der Waals surface area contributed by atoms with Gasteiger partial charge in [-0.05, 0) is 12.1 Å². The molecule has 2 aromatic heterocycles. The number of nitrogens with one attached hydrogen (secondary N) is 1. The van der Waals surface area contributed by atoms with Crippen molar-refractivity contribution in [3.05, 3.63) is 37.1 Å². The summed E-state index contributed by atoms with van der Waals surface area (Å²) in [6, 6.07) is 3.43. The van der Waals surface area contributed by atoms with E-state index in [0.717, 1.165) is 0 Å². The summed E-state index contributed by atoms with van der Waals surface area (Å²) in [5.74, 6) is -0.663. The number of aliphatic carboxylic acids is 1. The molecule has 7 heteroatoms. The molecule has 0 aromatic carbocycles. The predicted octanol–water partition coefficient (Wildman–Crippen LogP) is 1.07. The minimum atomic E-state index is -0.997. The van der Waals surface area contributed by atoms with E-state index in [1.165, 1.54) is 6.20 Å². The van der Waals surface area contributed by atoms with Crippen LogP contribution in [0.5, 0.6) is 0 Å². The second-order valence-corrected chi connectivity index (χ2v) is 3.82. The standard InChI is InChI=1S/C12H12N4O3/c17-11(3-4-12(18)19)15-9-1-2-10(14-7-9)16-6-5-13-8-16/h1-2,5-8H,3-4H2,(H,15,17)(H,18,19). The number of rotatable bonds is 5. The Morgan fingerprint density at radius 2 is 2.16 bits per heavy atom. The Balaban J connectivity index is 1.95. The number of carboxylic acids is 1. The van der Waals surface area contributed by atoms with Crippen LogP contribution in [0.2, 0.25) is 0 Å². The lowest BCUT2D eigenvalue weighted by atomic mass is 10.3. The number of carboxylic acid groups (broad SMARTS) is 1. The average molecular weight is 260 g/mol. The van der Waals surface area contributed by atoms with Gasteiger partial charge in [0.1, 0.15) is 12.1 Å². The molecule has 0 aliphatic heterocycles. The number of aromatic nitrogens is 3. The van der Waals surface area contributed by atoms with E-state index in [1.807, 2.05) is 0 Å². The van der Waals surface area contributed by atoms with Gasteiger partial charge in [-0.3, -0.25) is 14.2 Å². The summed E-state index contributed by atoms with van der Waals surface area (Å²) in [7, 11) is 0. The van der Waals surface area contributed by atoms with Crippen LogP contribution in [0.15, 0.2) is 37.1 Å². The molecule has 0 radical (unpaired) electrons. The Labute approximate surface area is 108 Å². The summed E-state index contributed by atoms with van der Waals surface area (Å²) in [4.78, 5) is 29.8. The van der Waals surface area contributed by atoms with E-state index >= 15 is 0 Å². The van der Waals surface area contributed by atoms with E-state index in [1.54, 1.807) is 35.4 Å². The van der Waals surface area contributed by atoms with Crippen molar-refractivity contribution in [2.75, 3.05) is 5.32 Å². The molecule has 0 bridgehead atoms. The summed E-state index contributed by atoms with van der Waals surface area (Å²) in [5, 5.41) is 11.0. The number of amides is 1. The minimum absolute atomic E-state index is 0.0569. The number of pyridine rings is 1. The van der Waals surface area contributed by atoms with Gasteiger partial charge in [0, 0.05) is 18.8 Å². The first-order valence-electron chi connectivity index (χ1n) is 5.61. The highest BCUT2D eigenvalue weighted by atomic mass is 16.4. The quantitative estimate of drug-likeness (QED) is 0.838. The first-order valence-corrected chi connectivity index (χ1v) is 5.61. The topological polar surface area (TPSA) is 97.1 Å². The summed E-state index contributed by atoms with van der Waals surface area (Å²) in [6.07, 6.45) is 6.28. The largest absolute Gasteiger partial charge is 0.481 e. The van der Waals surface area contributed by atoms with E-state index in [0.29, 0.717) is 11.5 Å². The van der Waals surface area contributed by atoms with Crippen LogP contribution in [0.4, 0.5) is 5.69 Å². The number of nitrogens with zero attached hydrogens (tertiary/aromatic N) is 3. The Morgan fingerprint density at radius 1 is 1.32 bits per heavy atom. The molecule has 0 saturated carbocycles. The number of imidazole rings is 1. The summed E-state index contributed by atoms with van der Waals surface area (Å²) < 4.78 is 1.73. The Hall–Kier alpha value is -2.70. The van der Waals surface area contributed by atoms with Gasteiger partial charge >= 0.3 is 5.97 Å². The molecular weight excluding hydrogens is 248 g/mol. The number of hydrogen-bond acceptors (Lipinski definition) is 4. The van der Waals surface area contributed by atoms with E-state index < -0.39 is 5.97 Å². The van der Waals surface area contributed by atoms with Crippen LogP contribution in [0.25, 0.3) is 5.82 Å². The second-order valence-electron chi connectivity index (χ2n) is 3.82.